The molecule has 0 radical (unpaired) electrons. The molecule has 0 spiro atoms. The highest BCUT2D eigenvalue weighted by Gasteiger charge is 2.29. The number of aryl methyl sites for hydroxylation is 2. The van der Waals surface area contributed by atoms with Gasteiger partial charge in [-0.1, -0.05) is 17.7 Å². The van der Waals surface area contributed by atoms with E-state index in [2.05, 4.69) is 130 Å². The fraction of sp³-hybridized carbons (Fsp3) is 0.250. The zero-order valence-electron chi connectivity index (χ0n) is 24.5. The van der Waals surface area contributed by atoms with Crippen molar-refractivity contribution >= 4 is 38.1 Å². The fourth-order valence-corrected chi connectivity index (χ4v) is 6.86. The lowest BCUT2D eigenvalue weighted by molar-refractivity contribution is 0.462. The number of rotatable bonds is 7. The third-order valence-electron chi connectivity index (χ3n) is 6.37. The first-order valence-electron chi connectivity index (χ1n) is 12.9. The molecule has 0 N–H and O–H groups in total. The first kappa shape index (κ1) is 31.1. The molecule has 0 aliphatic carbocycles. The lowest BCUT2D eigenvalue weighted by atomic mass is 10.2. The third-order valence-corrected chi connectivity index (χ3v) is 9.59. The topological polar surface area (TPSA) is 66.9 Å². The highest BCUT2D eigenvalue weighted by atomic mass is 32.2. The quantitative estimate of drug-likeness (QED) is 0.193. The number of benzene rings is 4. The molecule has 0 heterocycles. The van der Waals surface area contributed by atoms with Crippen LogP contribution in [0.1, 0.15) is 11.1 Å². The summed E-state index contributed by atoms with van der Waals surface area (Å²) >= 11 is 0. The van der Waals surface area contributed by atoms with Crippen LogP contribution >= 0.6 is 0 Å². The van der Waals surface area contributed by atoms with Gasteiger partial charge in [-0.05, 0) is 98.3 Å². The zero-order chi connectivity index (χ0) is 29.6. The Morgan fingerprint density at radius 2 is 0.875 bits per heavy atom. The SMILES string of the molecule is CN(C)c1ccc([S+](c2ccc(N(C)C)cc2)c2ccc(N(C)C)cc2)cc1.Cc1ccc(S(=O)(=O)[O-])c(C)c1. The van der Waals surface area contributed by atoms with E-state index in [1.807, 2.05) is 6.92 Å². The minimum absolute atomic E-state index is 0.131. The summed E-state index contributed by atoms with van der Waals surface area (Å²) in [6.07, 6.45) is 0. The Labute approximate surface area is 243 Å². The molecular weight excluding hydrogens is 539 g/mol. The zero-order valence-corrected chi connectivity index (χ0v) is 26.2. The monoisotopic (exact) mass is 577 g/mol. The molecule has 40 heavy (non-hydrogen) atoms. The van der Waals surface area contributed by atoms with Crippen molar-refractivity contribution in [3.63, 3.8) is 0 Å². The van der Waals surface area contributed by atoms with Crippen molar-refractivity contribution in [3.8, 4) is 0 Å². The highest BCUT2D eigenvalue weighted by Crippen LogP contribution is 2.34. The van der Waals surface area contributed by atoms with E-state index < -0.39 is 10.1 Å². The largest absolute Gasteiger partial charge is 0.744 e. The summed E-state index contributed by atoms with van der Waals surface area (Å²) < 4.78 is 31.8. The summed E-state index contributed by atoms with van der Waals surface area (Å²) in [4.78, 5) is 10.3. The summed E-state index contributed by atoms with van der Waals surface area (Å²) in [5, 5.41) is 0. The van der Waals surface area contributed by atoms with Crippen LogP contribution in [0.3, 0.4) is 0 Å². The van der Waals surface area contributed by atoms with E-state index in [-0.39, 0.29) is 15.8 Å². The Kier molecular flexibility index (Phi) is 10.3. The van der Waals surface area contributed by atoms with E-state index in [0.29, 0.717) is 5.56 Å². The first-order chi connectivity index (χ1) is 18.8. The van der Waals surface area contributed by atoms with Gasteiger partial charge in [0.2, 0.25) is 0 Å². The van der Waals surface area contributed by atoms with Gasteiger partial charge in [0.25, 0.3) is 0 Å². The smallest absolute Gasteiger partial charge is 0.166 e. The van der Waals surface area contributed by atoms with Crippen molar-refractivity contribution in [3.05, 3.63) is 102 Å². The Hall–Kier alpha value is -3.46. The van der Waals surface area contributed by atoms with Crippen LogP contribution in [0.25, 0.3) is 0 Å². The lowest BCUT2D eigenvalue weighted by Gasteiger charge is -2.16. The van der Waals surface area contributed by atoms with Gasteiger partial charge in [0.1, 0.15) is 10.1 Å². The Morgan fingerprint density at radius 3 is 1.12 bits per heavy atom. The van der Waals surface area contributed by atoms with Gasteiger partial charge in [-0.3, -0.25) is 0 Å². The number of nitrogens with zero attached hydrogens (tertiary/aromatic N) is 3. The molecular formula is C32H39N3O3S2. The van der Waals surface area contributed by atoms with Crippen LogP contribution in [0.5, 0.6) is 0 Å². The van der Waals surface area contributed by atoms with E-state index in [0.717, 1.165) is 5.56 Å². The average molecular weight is 578 g/mol. The molecule has 4 rings (SSSR count). The Morgan fingerprint density at radius 1 is 0.550 bits per heavy atom. The van der Waals surface area contributed by atoms with Crippen molar-refractivity contribution in [2.75, 3.05) is 57.0 Å². The molecule has 0 aliphatic heterocycles. The highest BCUT2D eigenvalue weighted by molar-refractivity contribution is 7.97. The van der Waals surface area contributed by atoms with Gasteiger partial charge >= 0.3 is 0 Å². The summed E-state index contributed by atoms with van der Waals surface area (Å²) in [7, 11) is 8.03. The molecule has 6 nitrogen and oxygen atoms in total. The Bertz CT molecular complexity index is 1380. The van der Waals surface area contributed by atoms with E-state index in [4.69, 9.17) is 0 Å². The molecule has 0 atom stereocenters. The molecule has 0 aromatic heterocycles. The van der Waals surface area contributed by atoms with Gasteiger partial charge in [0.15, 0.2) is 14.7 Å². The lowest BCUT2D eigenvalue weighted by Crippen LogP contribution is -2.11. The molecule has 0 amide bonds. The van der Waals surface area contributed by atoms with E-state index in [1.54, 1.807) is 19.1 Å². The predicted molar refractivity (Wildman–Crippen MR) is 168 cm³/mol. The molecule has 0 aliphatic rings. The second-order valence-corrected chi connectivity index (χ2v) is 13.6. The van der Waals surface area contributed by atoms with Gasteiger partial charge < -0.3 is 19.3 Å². The molecule has 4 aromatic rings. The van der Waals surface area contributed by atoms with Crippen molar-refractivity contribution in [1.29, 1.82) is 0 Å². The molecule has 8 heteroatoms. The molecule has 0 bridgehead atoms. The van der Waals surface area contributed by atoms with Crippen LogP contribution in [0.4, 0.5) is 17.1 Å². The maximum Gasteiger partial charge on any atom is 0.166 e. The normalized spacial score (nSPS) is 11.1. The first-order valence-corrected chi connectivity index (χ1v) is 15.5. The second kappa shape index (κ2) is 13.3. The minimum atomic E-state index is -4.30. The van der Waals surface area contributed by atoms with Crippen LogP contribution in [0.2, 0.25) is 0 Å². The van der Waals surface area contributed by atoms with Crippen molar-refractivity contribution in [2.24, 2.45) is 0 Å². The molecule has 0 saturated carbocycles. The molecule has 0 fully saturated rings. The van der Waals surface area contributed by atoms with E-state index >= 15 is 0 Å². The van der Waals surface area contributed by atoms with Crippen LogP contribution < -0.4 is 14.7 Å². The van der Waals surface area contributed by atoms with Gasteiger partial charge in [0.05, 0.1) is 15.8 Å². The standard InChI is InChI=1S/C24H30N3S.C8H10O3S/c1-25(2)19-7-13-22(14-8-19)28(23-15-9-20(10-16-23)26(3)4)24-17-11-21(12-18-24)27(5)6;1-6-3-4-8(7(2)5-6)12(9,10)11/h7-18H,1-6H3;3-5H,1-2H3,(H,9,10,11)/q+1;/p-1. The van der Waals surface area contributed by atoms with Crippen LogP contribution in [-0.4, -0.2) is 55.3 Å². The van der Waals surface area contributed by atoms with Crippen molar-refractivity contribution < 1.29 is 13.0 Å². The van der Waals surface area contributed by atoms with Gasteiger partial charge in [-0.25, -0.2) is 8.42 Å². The summed E-state index contributed by atoms with van der Waals surface area (Å²) in [5.41, 5.74) is 5.11. The van der Waals surface area contributed by atoms with Crippen LogP contribution in [-0.2, 0) is 21.0 Å². The molecule has 0 unspecified atom stereocenters. The van der Waals surface area contributed by atoms with Gasteiger partial charge in [-0.15, -0.1) is 0 Å². The van der Waals surface area contributed by atoms with Crippen LogP contribution in [0.15, 0.2) is 111 Å². The second-order valence-electron chi connectivity index (χ2n) is 10.2. The molecule has 4 aromatic carbocycles. The summed E-state index contributed by atoms with van der Waals surface area (Å²) in [6.45, 7) is 3.45. The molecule has 212 valence electrons. The average Bonchev–Trinajstić information content (AvgIpc) is 2.89. The van der Waals surface area contributed by atoms with Crippen molar-refractivity contribution in [2.45, 2.75) is 33.4 Å². The molecule has 0 saturated heterocycles. The van der Waals surface area contributed by atoms with Gasteiger partial charge in [0, 0.05) is 59.3 Å². The summed E-state index contributed by atoms with van der Waals surface area (Å²) in [6, 6.07) is 31.4. The van der Waals surface area contributed by atoms with E-state index in [1.165, 1.54) is 37.8 Å². The van der Waals surface area contributed by atoms with Gasteiger partial charge in [-0.2, -0.15) is 0 Å². The maximum absolute atomic E-state index is 10.6. The fourth-order valence-electron chi connectivity index (χ4n) is 4.13. The Balaban J connectivity index is 0.000000307. The number of hydrogen-bond donors (Lipinski definition) is 0. The van der Waals surface area contributed by atoms with Crippen molar-refractivity contribution in [1.82, 2.24) is 0 Å². The third kappa shape index (κ3) is 8.03. The maximum atomic E-state index is 10.6. The predicted octanol–water partition coefficient (Wildman–Crippen LogP) is 6.19. The minimum Gasteiger partial charge on any atom is -0.744 e. The van der Waals surface area contributed by atoms with E-state index in [9.17, 15) is 13.0 Å². The van der Waals surface area contributed by atoms with Crippen LogP contribution in [0, 0.1) is 13.8 Å². The number of hydrogen-bond acceptors (Lipinski definition) is 6. The summed E-state index contributed by atoms with van der Waals surface area (Å²) in [5.74, 6) is 0. The number of anilines is 3.